The Morgan fingerprint density at radius 2 is 1.82 bits per heavy atom. The monoisotopic (exact) mass is 459 g/mol. The van der Waals surface area contributed by atoms with Crippen LogP contribution in [0.3, 0.4) is 0 Å². The summed E-state index contributed by atoms with van der Waals surface area (Å²) in [6, 6.07) is 4.75. The third-order valence-electron chi connectivity index (χ3n) is 5.54. The zero-order chi connectivity index (χ0) is 24.3. The van der Waals surface area contributed by atoms with Crippen LogP contribution in [0, 0.1) is 5.82 Å². The van der Waals surface area contributed by atoms with Crippen molar-refractivity contribution in [3.8, 4) is 5.75 Å². The van der Waals surface area contributed by atoms with Crippen molar-refractivity contribution in [2.24, 2.45) is 0 Å². The number of aromatic nitrogens is 2. The van der Waals surface area contributed by atoms with Gasteiger partial charge in [-0.1, -0.05) is 12.1 Å². The molecule has 10 nitrogen and oxygen atoms in total. The highest BCUT2D eigenvalue weighted by Crippen LogP contribution is 2.28. The van der Waals surface area contributed by atoms with E-state index in [-0.39, 0.29) is 18.9 Å². The minimum Gasteiger partial charge on any atom is -0.501 e. The number of nitrogens with one attached hydrogen (secondary N) is 1. The van der Waals surface area contributed by atoms with E-state index in [4.69, 9.17) is 0 Å². The Hall–Kier alpha value is -3.76. The highest BCUT2D eigenvalue weighted by atomic mass is 19.1. The third-order valence-corrected chi connectivity index (χ3v) is 5.54. The highest BCUT2D eigenvalue weighted by Gasteiger charge is 2.33. The van der Waals surface area contributed by atoms with E-state index in [0.717, 1.165) is 4.90 Å². The molecule has 1 atom stereocenters. The first-order chi connectivity index (χ1) is 15.6. The van der Waals surface area contributed by atoms with Crippen molar-refractivity contribution in [3.05, 3.63) is 57.5 Å². The Bertz CT molecular complexity index is 1130. The molecule has 0 bridgehead atoms. The molecule has 11 heteroatoms. The highest BCUT2D eigenvalue weighted by molar-refractivity contribution is 6.34. The number of rotatable bonds is 4. The van der Waals surface area contributed by atoms with Crippen molar-refractivity contribution in [3.63, 3.8) is 0 Å². The van der Waals surface area contributed by atoms with E-state index in [1.54, 1.807) is 0 Å². The van der Waals surface area contributed by atoms with Crippen LogP contribution in [0.25, 0.3) is 0 Å². The van der Waals surface area contributed by atoms with Gasteiger partial charge in [0.05, 0.1) is 6.04 Å². The van der Waals surface area contributed by atoms with Crippen LogP contribution < -0.4 is 10.9 Å². The summed E-state index contributed by atoms with van der Waals surface area (Å²) in [5.41, 5.74) is -0.653. The van der Waals surface area contributed by atoms with Crippen molar-refractivity contribution in [2.45, 2.75) is 38.4 Å². The van der Waals surface area contributed by atoms with Crippen LogP contribution in [-0.4, -0.2) is 63.3 Å². The first-order valence-corrected chi connectivity index (χ1v) is 10.5. The number of benzene rings is 1. The average molecular weight is 459 g/mol. The molecule has 2 heterocycles. The van der Waals surface area contributed by atoms with Crippen LogP contribution in [0.1, 0.15) is 47.2 Å². The van der Waals surface area contributed by atoms with Gasteiger partial charge in [0, 0.05) is 34.2 Å². The number of fused-ring (bicyclic) bond motifs is 1. The molecular weight excluding hydrogens is 433 g/mol. The molecule has 0 radical (unpaired) electrons. The Kier molecular flexibility index (Phi) is 7.10. The third kappa shape index (κ3) is 5.02. The van der Waals surface area contributed by atoms with Gasteiger partial charge in [-0.2, -0.15) is 0 Å². The van der Waals surface area contributed by atoms with Gasteiger partial charge in [-0.3, -0.25) is 23.7 Å². The van der Waals surface area contributed by atoms with Gasteiger partial charge in [0.15, 0.2) is 5.69 Å². The maximum absolute atomic E-state index is 13.1. The van der Waals surface area contributed by atoms with E-state index in [1.807, 2.05) is 0 Å². The van der Waals surface area contributed by atoms with Crippen LogP contribution in [-0.2, 0) is 22.7 Å². The Balaban J connectivity index is 1.95. The Morgan fingerprint density at radius 3 is 2.45 bits per heavy atom. The van der Waals surface area contributed by atoms with Crippen LogP contribution in [0.4, 0.5) is 4.39 Å². The Morgan fingerprint density at radius 1 is 1.15 bits per heavy atom. The zero-order valence-electron chi connectivity index (χ0n) is 18.7. The normalized spacial score (nSPS) is 15.2. The minimum absolute atomic E-state index is 0.0256. The lowest BCUT2D eigenvalue weighted by molar-refractivity contribution is -0.151. The molecule has 0 unspecified atom stereocenters. The van der Waals surface area contributed by atoms with E-state index in [1.165, 1.54) is 54.9 Å². The van der Waals surface area contributed by atoms with Crippen molar-refractivity contribution in [1.29, 1.82) is 0 Å². The molecular formula is C22H26FN5O5. The van der Waals surface area contributed by atoms with Gasteiger partial charge in [0.2, 0.25) is 5.75 Å². The number of hydrogen-bond donors (Lipinski definition) is 2. The zero-order valence-corrected chi connectivity index (χ0v) is 18.7. The van der Waals surface area contributed by atoms with Crippen LogP contribution in [0.2, 0.25) is 0 Å². The van der Waals surface area contributed by atoms with Crippen LogP contribution >= 0.6 is 0 Å². The molecule has 2 N–H and O–H groups in total. The molecule has 176 valence electrons. The quantitative estimate of drug-likeness (QED) is 0.652. The fraction of sp³-hybridized carbons (Fsp3) is 0.409. The van der Waals surface area contributed by atoms with E-state index >= 15 is 0 Å². The number of nitrogens with zero attached hydrogens (tertiary/aromatic N) is 4. The van der Waals surface area contributed by atoms with Crippen LogP contribution in [0.5, 0.6) is 5.75 Å². The van der Waals surface area contributed by atoms with Gasteiger partial charge in [0.1, 0.15) is 11.6 Å². The summed E-state index contributed by atoms with van der Waals surface area (Å²) < 4.78 is 14.3. The number of carbonyl (C=O) groups excluding carboxylic acids is 3. The Labute approximate surface area is 189 Å². The van der Waals surface area contributed by atoms with Crippen molar-refractivity contribution >= 4 is 17.7 Å². The lowest BCUT2D eigenvalue weighted by Gasteiger charge is -2.28. The molecule has 0 saturated heterocycles. The molecule has 3 amide bonds. The topological polar surface area (TPSA) is 125 Å². The van der Waals surface area contributed by atoms with Gasteiger partial charge >= 0.3 is 11.8 Å². The maximum atomic E-state index is 13.1. The summed E-state index contributed by atoms with van der Waals surface area (Å²) in [6.45, 7) is 0.282. The standard InChI is InChI=1S/C22H26FN5O5/c1-26(2)21(32)22(33)27(3)15-6-4-5-11-28-18(15)25-16(17(29)20(28)31)19(30)24-12-13-7-9-14(23)10-8-13/h7-10,15,29H,4-6,11-12H2,1-3H3,(H,24,30)/t15-/m1/s1. The van der Waals surface area contributed by atoms with Crippen LogP contribution in [0.15, 0.2) is 29.1 Å². The van der Waals surface area contributed by atoms with Crippen molar-refractivity contribution in [2.75, 3.05) is 21.1 Å². The number of aromatic hydroxyl groups is 1. The number of amides is 3. The van der Waals surface area contributed by atoms with Crippen molar-refractivity contribution in [1.82, 2.24) is 24.7 Å². The SMILES string of the molecule is CN(C)C(=O)C(=O)N(C)[C@@H]1CCCCn2c1nc(C(=O)NCc1ccc(F)cc1)c(O)c2=O. The molecule has 2 aromatic rings. The molecule has 1 aliphatic rings. The fourth-order valence-electron chi connectivity index (χ4n) is 3.65. The number of likely N-dealkylation sites (N-methyl/N-ethyl adjacent to an activating group) is 2. The van der Waals surface area contributed by atoms with Gasteiger partial charge in [-0.15, -0.1) is 0 Å². The largest absolute Gasteiger partial charge is 0.501 e. The van der Waals surface area contributed by atoms with Gasteiger partial charge in [0.25, 0.3) is 11.5 Å². The first kappa shape index (κ1) is 23.9. The van der Waals surface area contributed by atoms with Gasteiger partial charge in [-0.05, 0) is 37.0 Å². The van der Waals surface area contributed by atoms with E-state index < -0.39 is 46.6 Å². The van der Waals surface area contributed by atoms with Gasteiger partial charge < -0.3 is 20.2 Å². The summed E-state index contributed by atoms with van der Waals surface area (Å²) >= 11 is 0. The minimum atomic E-state index is -0.797. The fourth-order valence-corrected chi connectivity index (χ4v) is 3.65. The average Bonchev–Trinajstić information content (AvgIpc) is 3.01. The number of hydrogen-bond acceptors (Lipinski definition) is 6. The summed E-state index contributed by atoms with van der Waals surface area (Å²) in [6.07, 6.45) is 1.68. The molecule has 1 aromatic carbocycles. The lowest BCUT2D eigenvalue weighted by atomic mass is 10.1. The molecule has 3 rings (SSSR count). The maximum Gasteiger partial charge on any atom is 0.312 e. The smallest absolute Gasteiger partial charge is 0.312 e. The second-order valence-electron chi connectivity index (χ2n) is 8.06. The predicted octanol–water partition coefficient (Wildman–Crippen LogP) is 0.790. The molecule has 1 aromatic heterocycles. The summed E-state index contributed by atoms with van der Waals surface area (Å²) in [4.78, 5) is 57.0. The van der Waals surface area contributed by atoms with E-state index in [2.05, 4.69) is 10.3 Å². The molecule has 0 saturated carbocycles. The lowest BCUT2D eigenvalue weighted by Crippen LogP contribution is -2.43. The molecule has 0 spiro atoms. The predicted molar refractivity (Wildman–Crippen MR) is 116 cm³/mol. The second-order valence-corrected chi connectivity index (χ2v) is 8.06. The van der Waals surface area contributed by atoms with Gasteiger partial charge in [-0.25, -0.2) is 9.37 Å². The van der Waals surface area contributed by atoms with Crippen molar-refractivity contribution < 1.29 is 23.9 Å². The molecule has 33 heavy (non-hydrogen) atoms. The summed E-state index contributed by atoms with van der Waals surface area (Å²) in [5, 5.41) is 12.9. The number of carbonyl (C=O) groups is 3. The van der Waals surface area contributed by atoms with E-state index in [9.17, 15) is 28.7 Å². The summed E-state index contributed by atoms with van der Waals surface area (Å²) in [7, 11) is 4.36. The summed E-state index contributed by atoms with van der Waals surface area (Å²) in [5.74, 6) is -3.38. The molecule has 1 aliphatic heterocycles. The second kappa shape index (κ2) is 9.80. The molecule has 0 fully saturated rings. The van der Waals surface area contributed by atoms with E-state index in [0.29, 0.717) is 24.8 Å². The number of halogens is 1. The molecule has 0 aliphatic carbocycles. The first-order valence-electron chi connectivity index (χ1n) is 10.5.